The van der Waals surface area contributed by atoms with Crippen molar-refractivity contribution < 1.29 is 0 Å². The van der Waals surface area contributed by atoms with E-state index in [9.17, 15) is 0 Å². The first-order valence-corrected chi connectivity index (χ1v) is 9.37. The minimum atomic E-state index is 0.582. The van der Waals surface area contributed by atoms with Gasteiger partial charge in [0.25, 0.3) is 0 Å². The number of likely N-dealkylation sites (N-methyl/N-ethyl adjacent to an activating group) is 1. The SMILES string of the molecule is Cc1nc(CCC(C)N2CCN(C)CC2)n(-c2ccc(C)c(C)c2)n1. The van der Waals surface area contributed by atoms with E-state index in [0.29, 0.717) is 6.04 Å². The fraction of sp³-hybridized carbons (Fsp3) is 0.600. The summed E-state index contributed by atoms with van der Waals surface area (Å²) in [4.78, 5) is 9.70. The van der Waals surface area contributed by atoms with Gasteiger partial charge in [-0.15, -0.1) is 0 Å². The second-order valence-electron chi connectivity index (χ2n) is 7.48. The third-order valence-corrected chi connectivity index (χ3v) is 5.46. The fourth-order valence-corrected chi connectivity index (χ4v) is 3.47. The van der Waals surface area contributed by atoms with Gasteiger partial charge in [0.05, 0.1) is 5.69 Å². The van der Waals surface area contributed by atoms with E-state index < -0.39 is 0 Å². The molecule has 5 nitrogen and oxygen atoms in total. The van der Waals surface area contributed by atoms with Crippen LogP contribution in [0.5, 0.6) is 0 Å². The van der Waals surface area contributed by atoms with Gasteiger partial charge in [-0.05, 0) is 64.4 Å². The summed E-state index contributed by atoms with van der Waals surface area (Å²) in [5.74, 6) is 1.92. The van der Waals surface area contributed by atoms with Crippen molar-refractivity contribution >= 4 is 0 Å². The zero-order chi connectivity index (χ0) is 18.0. The summed E-state index contributed by atoms with van der Waals surface area (Å²) in [7, 11) is 2.21. The van der Waals surface area contributed by atoms with Crippen molar-refractivity contribution in [3.8, 4) is 5.69 Å². The first-order valence-electron chi connectivity index (χ1n) is 9.37. The van der Waals surface area contributed by atoms with Crippen molar-refractivity contribution in [3.05, 3.63) is 41.0 Å². The van der Waals surface area contributed by atoms with Crippen LogP contribution < -0.4 is 0 Å². The molecule has 0 saturated carbocycles. The maximum absolute atomic E-state index is 4.69. The van der Waals surface area contributed by atoms with Gasteiger partial charge in [0.1, 0.15) is 11.6 Å². The van der Waals surface area contributed by atoms with Crippen LogP contribution in [0.3, 0.4) is 0 Å². The fourth-order valence-electron chi connectivity index (χ4n) is 3.47. The van der Waals surface area contributed by atoms with Crippen LogP contribution in [0.2, 0.25) is 0 Å². The van der Waals surface area contributed by atoms with Crippen molar-refractivity contribution in [2.75, 3.05) is 33.2 Å². The predicted molar refractivity (Wildman–Crippen MR) is 102 cm³/mol. The van der Waals surface area contributed by atoms with Crippen molar-refractivity contribution in [3.63, 3.8) is 0 Å². The van der Waals surface area contributed by atoms with Crippen molar-refractivity contribution in [2.24, 2.45) is 0 Å². The number of hydrogen-bond acceptors (Lipinski definition) is 4. The van der Waals surface area contributed by atoms with Gasteiger partial charge in [-0.25, -0.2) is 9.67 Å². The molecule has 0 aliphatic carbocycles. The molecule has 1 aromatic heterocycles. The molecule has 1 saturated heterocycles. The average Bonchev–Trinajstić information content (AvgIpc) is 2.96. The van der Waals surface area contributed by atoms with Crippen molar-refractivity contribution in [1.29, 1.82) is 0 Å². The molecule has 0 radical (unpaired) electrons. The summed E-state index contributed by atoms with van der Waals surface area (Å²) in [5, 5.41) is 4.64. The quantitative estimate of drug-likeness (QED) is 0.838. The minimum absolute atomic E-state index is 0.582. The van der Waals surface area contributed by atoms with Gasteiger partial charge in [-0.1, -0.05) is 6.07 Å². The number of aromatic nitrogens is 3. The molecule has 136 valence electrons. The molecule has 2 aromatic rings. The van der Waals surface area contributed by atoms with E-state index in [1.807, 2.05) is 11.6 Å². The molecule has 1 aliphatic heterocycles. The molecule has 0 N–H and O–H groups in total. The Morgan fingerprint density at radius 3 is 2.44 bits per heavy atom. The molecule has 1 aromatic carbocycles. The van der Waals surface area contributed by atoms with Crippen LogP contribution in [0, 0.1) is 20.8 Å². The number of rotatable bonds is 5. The molecule has 1 fully saturated rings. The zero-order valence-corrected chi connectivity index (χ0v) is 16.3. The van der Waals surface area contributed by atoms with E-state index in [0.717, 1.165) is 30.2 Å². The highest BCUT2D eigenvalue weighted by Crippen LogP contribution is 2.17. The van der Waals surface area contributed by atoms with E-state index >= 15 is 0 Å². The summed E-state index contributed by atoms with van der Waals surface area (Å²) in [6.07, 6.45) is 2.08. The lowest BCUT2D eigenvalue weighted by Crippen LogP contribution is -2.48. The summed E-state index contributed by atoms with van der Waals surface area (Å²) < 4.78 is 2.03. The van der Waals surface area contributed by atoms with Crippen LogP contribution in [-0.2, 0) is 6.42 Å². The van der Waals surface area contributed by atoms with Crippen LogP contribution >= 0.6 is 0 Å². The monoisotopic (exact) mass is 341 g/mol. The molecule has 0 spiro atoms. The van der Waals surface area contributed by atoms with E-state index in [2.05, 4.69) is 60.9 Å². The number of aryl methyl sites for hydroxylation is 4. The molecular formula is C20H31N5. The van der Waals surface area contributed by atoms with E-state index in [1.165, 1.54) is 37.3 Å². The van der Waals surface area contributed by atoms with Gasteiger partial charge >= 0.3 is 0 Å². The third kappa shape index (κ3) is 4.28. The Balaban J connectivity index is 1.69. The molecule has 2 heterocycles. The maximum atomic E-state index is 4.69. The van der Waals surface area contributed by atoms with Crippen LogP contribution in [-0.4, -0.2) is 63.8 Å². The third-order valence-electron chi connectivity index (χ3n) is 5.46. The second-order valence-corrected chi connectivity index (χ2v) is 7.48. The first-order chi connectivity index (χ1) is 11.9. The Labute approximate surface area is 151 Å². The number of nitrogens with zero attached hydrogens (tertiary/aromatic N) is 5. The predicted octanol–water partition coefficient (Wildman–Crippen LogP) is 2.76. The normalized spacial score (nSPS) is 17.8. The van der Waals surface area contributed by atoms with Crippen molar-refractivity contribution in [2.45, 2.75) is 46.6 Å². The molecule has 0 bridgehead atoms. The van der Waals surface area contributed by atoms with Gasteiger partial charge in [-0.3, -0.25) is 4.90 Å². The zero-order valence-electron chi connectivity index (χ0n) is 16.3. The Bertz CT molecular complexity index is 713. The summed E-state index contributed by atoms with van der Waals surface area (Å²) in [6, 6.07) is 7.10. The van der Waals surface area contributed by atoms with Crippen LogP contribution in [0.25, 0.3) is 5.69 Å². The Morgan fingerprint density at radius 2 is 1.76 bits per heavy atom. The molecular weight excluding hydrogens is 310 g/mol. The van der Waals surface area contributed by atoms with Gasteiger partial charge in [0, 0.05) is 38.6 Å². The van der Waals surface area contributed by atoms with Crippen molar-refractivity contribution in [1.82, 2.24) is 24.6 Å². The molecule has 1 unspecified atom stereocenters. The van der Waals surface area contributed by atoms with Gasteiger partial charge in [0.15, 0.2) is 0 Å². The van der Waals surface area contributed by atoms with E-state index in [1.54, 1.807) is 0 Å². The Kier molecular flexibility index (Phi) is 5.54. The number of piperazine rings is 1. The second kappa shape index (κ2) is 7.67. The van der Waals surface area contributed by atoms with Gasteiger partial charge in [-0.2, -0.15) is 5.10 Å². The first kappa shape index (κ1) is 18.1. The van der Waals surface area contributed by atoms with Gasteiger partial charge < -0.3 is 4.90 Å². The molecule has 3 rings (SSSR count). The Morgan fingerprint density at radius 1 is 1.04 bits per heavy atom. The average molecular weight is 342 g/mol. The maximum Gasteiger partial charge on any atom is 0.148 e. The topological polar surface area (TPSA) is 37.2 Å². The van der Waals surface area contributed by atoms with Crippen LogP contribution in [0.1, 0.15) is 36.1 Å². The standard InChI is InChI=1S/C20H31N5/c1-15-6-8-19(14-16(15)2)25-20(21-18(4)22-25)9-7-17(3)24-12-10-23(5)11-13-24/h6,8,14,17H,7,9-13H2,1-5H3. The largest absolute Gasteiger partial charge is 0.304 e. The molecule has 1 aliphatic rings. The molecule has 5 heteroatoms. The summed E-state index contributed by atoms with van der Waals surface area (Å²) in [6.45, 7) is 13.3. The highest BCUT2D eigenvalue weighted by molar-refractivity contribution is 5.39. The van der Waals surface area contributed by atoms with Gasteiger partial charge in [0.2, 0.25) is 0 Å². The summed E-state index contributed by atoms with van der Waals surface area (Å²) in [5.41, 5.74) is 3.72. The van der Waals surface area contributed by atoms with Crippen LogP contribution in [0.4, 0.5) is 0 Å². The number of hydrogen-bond donors (Lipinski definition) is 0. The minimum Gasteiger partial charge on any atom is -0.304 e. The molecule has 1 atom stereocenters. The number of benzene rings is 1. The molecule has 0 amide bonds. The lowest BCUT2D eigenvalue weighted by atomic mass is 10.1. The van der Waals surface area contributed by atoms with E-state index in [4.69, 9.17) is 4.98 Å². The highest BCUT2D eigenvalue weighted by Gasteiger charge is 2.20. The van der Waals surface area contributed by atoms with Crippen LogP contribution in [0.15, 0.2) is 18.2 Å². The highest BCUT2D eigenvalue weighted by atomic mass is 15.3. The molecule has 25 heavy (non-hydrogen) atoms. The lowest BCUT2D eigenvalue weighted by molar-refractivity contribution is 0.114. The van der Waals surface area contributed by atoms with E-state index in [-0.39, 0.29) is 0 Å². The smallest absolute Gasteiger partial charge is 0.148 e. The lowest BCUT2D eigenvalue weighted by Gasteiger charge is -2.36. The Hall–Kier alpha value is -1.72. The summed E-state index contributed by atoms with van der Waals surface area (Å²) >= 11 is 0.